The van der Waals surface area contributed by atoms with Gasteiger partial charge in [-0.25, -0.2) is 4.79 Å². The normalized spacial score (nSPS) is 11.5. The Hall–Kier alpha value is -1.26. The maximum absolute atomic E-state index is 12.3. The number of nitrogens with zero attached hydrogens (tertiary/aromatic N) is 1. The van der Waals surface area contributed by atoms with E-state index >= 15 is 0 Å². The zero-order chi connectivity index (χ0) is 15.8. The van der Waals surface area contributed by atoms with E-state index in [1.807, 2.05) is 52.0 Å². The van der Waals surface area contributed by atoms with E-state index in [4.69, 9.17) is 16.3 Å². The molecule has 0 aliphatic rings. The van der Waals surface area contributed by atoms with Crippen LogP contribution in [0.3, 0.4) is 0 Å². The van der Waals surface area contributed by atoms with Gasteiger partial charge in [0.05, 0.1) is 5.69 Å². The number of halogens is 2. The van der Waals surface area contributed by atoms with Crippen molar-refractivity contribution in [2.24, 2.45) is 0 Å². The third-order valence-corrected chi connectivity index (χ3v) is 3.69. The minimum Gasteiger partial charge on any atom is -0.443 e. The van der Waals surface area contributed by atoms with Crippen molar-refractivity contribution in [1.82, 2.24) is 4.57 Å². The summed E-state index contributed by atoms with van der Waals surface area (Å²) < 4.78 is 7.71. The molecule has 1 heterocycles. The topological polar surface area (TPSA) is 31.2 Å². The van der Waals surface area contributed by atoms with Crippen LogP contribution in [0, 0.1) is 6.92 Å². The Labute approximate surface area is 138 Å². The maximum Gasteiger partial charge on any atom is 0.419 e. The molecular formula is C16H17BrClNO2. The van der Waals surface area contributed by atoms with Crippen LogP contribution in [-0.2, 0) is 4.74 Å². The number of aromatic nitrogens is 1. The molecule has 0 aliphatic heterocycles. The van der Waals surface area contributed by atoms with Gasteiger partial charge >= 0.3 is 6.09 Å². The molecule has 112 valence electrons. The van der Waals surface area contributed by atoms with Crippen LogP contribution in [0.5, 0.6) is 0 Å². The van der Waals surface area contributed by atoms with Crippen LogP contribution in [-0.4, -0.2) is 16.3 Å². The smallest absolute Gasteiger partial charge is 0.419 e. The van der Waals surface area contributed by atoms with Gasteiger partial charge in [-0.15, -0.1) is 0 Å². The lowest BCUT2D eigenvalue weighted by molar-refractivity contribution is 0.0540. The molecular weight excluding hydrogens is 354 g/mol. The van der Waals surface area contributed by atoms with Gasteiger partial charge in [-0.1, -0.05) is 23.7 Å². The minimum atomic E-state index is -0.546. The molecule has 0 atom stereocenters. The first-order valence-corrected chi connectivity index (χ1v) is 7.72. The van der Waals surface area contributed by atoms with E-state index in [-0.39, 0.29) is 0 Å². The van der Waals surface area contributed by atoms with E-state index < -0.39 is 11.7 Å². The zero-order valence-electron chi connectivity index (χ0n) is 12.4. The average Bonchev–Trinajstić information content (AvgIpc) is 2.73. The van der Waals surface area contributed by atoms with Crippen molar-refractivity contribution in [1.29, 1.82) is 0 Å². The Morgan fingerprint density at radius 1 is 1.29 bits per heavy atom. The van der Waals surface area contributed by atoms with E-state index in [9.17, 15) is 4.79 Å². The van der Waals surface area contributed by atoms with Crippen molar-refractivity contribution in [3.05, 3.63) is 45.5 Å². The molecule has 3 nitrogen and oxygen atoms in total. The van der Waals surface area contributed by atoms with Gasteiger partial charge in [0.15, 0.2) is 0 Å². The third kappa shape index (κ3) is 3.89. The highest BCUT2D eigenvalue weighted by Crippen LogP contribution is 2.29. The van der Waals surface area contributed by atoms with Crippen LogP contribution in [0.1, 0.15) is 26.3 Å². The third-order valence-electron chi connectivity index (χ3n) is 2.84. The molecule has 1 aromatic heterocycles. The van der Waals surface area contributed by atoms with Crippen molar-refractivity contribution in [2.45, 2.75) is 33.3 Å². The number of ether oxygens (including phenoxy) is 1. The van der Waals surface area contributed by atoms with E-state index in [0.717, 1.165) is 21.3 Å². The largest absolute Gasteiger partial charge is 0.443 e. The molecule has 0 bridgehead atoms. The zero-order valence-corrected chi connectivity index (χ0v) is 14.7. The fraction of sp³-hybridized carbons (Fsp3) is 0.312. The van der Waals surface area contributed by atoms with E-state index in [2.05, 4.69) is 15.9 Å². The molecule has 5 heteroatoms. The summed E-state index contributed by atoms with van der Waals surface area (Å²) in [7, 11) is 0. The van der Waals surface area contributed by atoms with Crippen LogP contribution < -0.4 is 0 Å². The molecule has 0 amide bonds. The molecule has 0 saturated carbocycles. The van der Waals surface area contributed by atoms with Crippen molar-refractivity contribution in [3.63, 3.8) is 0 Å². The Morgan fingerprint density at radius 3 is 2.52 bits per heavy atom. The monoisotopic (exact) mass is 369 g/mol. The lowest BCUT2D eigenvalue weighted by Crippen LogP contribution is -2.27. The number of carbonyl (C=O) groups is 1. The second kappa shape index (κ2) is 5.85. The molecule has 0 unspecified atom stereocenters. The lowest BCUT2D eigenvalue weighted by atomic mass is 10.1. The average molecular weight is 371 g/mol. The summed E-state index contributed by atoms with van der Waals surface area (Å²) in [6.45, 7) is 7.46. The van der Waals surface area contributed by atoms with Crippen molar-refractivity contribution in [2.75, 3.05) is 0 Å². The van der Waals surface area contributed by atoms with E-state index in [1.165, 1.54) is 4.57 Å². The van der Waals surface area contributed by atoms with Gasteiger partial charge in [-0.05, 0) is 61.3 Å². The second-order valence-corrected chi connectivity index (χ2v) is 7.18. The predicted octanol–water partition coefficient (Wildman–Crippen LogP) is 5.66. The SMILES string of the molecule is Cc1ccc(-c2cc(Br)cn2C(=O)OC(C)(C)C)cc1Cl. The highest BCUT2D eigenvalue weighted by atomic mass is 79.9. The van der Waals surface area contributed by atoms with Gasteiger partial charge in [-0.2, -0.15) is 0 Å². The highest BCUT2D eigenvalue weighted by molar-refractivity contribution is 9.10. The van der Waals surface area contributed by atoms with Crippen LogP contribution in [0.25, 0.3) is 11.3 Å². The van der Waals surface area contributed by atoms with Crippen molar-refractivity contribution >= 4 is 33.6 Å². The summed E-state index contributed by atoms with van der Waals surface area (Å²) in [6.07, 6.45) is 1.27. The molecule has 0 saturated heterocycles. The Balaban J connectivity index is 2.45. The number of rotatable bonds is 1. The first-order chi connectivity index (χ1) is 9.67. The van der Waals surface area contributed by atoms with Gasteiger partial charge < -0.3 is 4.74 Å². The fourth-order valence-electron chi connectivity index (χ4n) is 1.87. The number of benzene rings is 1. The Morgan fingerprint density at radius 2 is 1.95 bits per heavy atom. The van der Waals surface area contributed by atoms with Gasteiger partial charge in [-0.3, -0.25) is 4.57 Å². The highest BCUT2D eigenvalue weighted by Gasteiger charge is 2.21. The summed E-state index contributed by atoms with van der Waals surface area (Å²) in [5.41, 5.74) is 2.05. The Kier molecular flexibility index (Phi) is 4.49. The molecule has 2 aromatic rings. The second-order valence-electron chi connectivity index (χ2n) is 5.86. The molecule has 0 radical (unpaired) electrons. The summed E-state index contributed by atoms with van der Waals surface area (Å²) in [5, 5.41) is 0.667. The Bertz CT molecular complexity index is 686. The first-order valence-electron chi connectivity index (χ1n) is 6.55. The van der Waals surface area contributed by atoms with Crippen LogP contribution in [0.15, 0.2) is 34.9 Å². The quantitative estimate of drug-likeness (QED) is 0.648. The standard InChI is InChI=1S/C16H17BrClNO2/c1-10-5-6-11(7-13(10)18)14-8-12(17)9-19(14)15(20)21-16(2,3)4/h5-9H,1-4H3. The van der Waals surface area contributed by atoms with Gasteiger partial charge in [0.2, 0.25) is 0 Å². The van der Waals surface area contributed by atoms with E-state index in [1.54, 1.807) is 6.20 Å². The van der Waals surface area contributed by atoms with Crippen LogP contribution in [0.4, 0.5) is 4.79 Å². The van der Waals surface area contributed by atoms with E-state index in [0.29, 0.717) is 5.02 Å². The molecule has 0 spiro atoms. The molecule has 0 N–H and O–H groups in total. The van der Waals surface area contributed by atoms with Gasteiger partial charge in [0.25, 0.3) is 0 Å². The fourth-order valence-corrected chi connectivity index (χ4v) is 2.47. The number of hydrogen-bond donors (Lipinski definition) is 0. The predicted molar refractivity (Wildman–Crippen MR) is 88.9 cm³/mol. The summed E-state index contributed by atoms with van der Waals surface area (Å²) >= 11 is 9.57. The summed E-state index contributed by atoms with van der Waals surface area (Å²) in [6, 6.07) is 7.58. The molecule has 0 fully saturated rings. The number of hydrogen-bond acceptors (Lipinski definition) is 2. The van der Waals surface area contributed by atoms with Crippen molar-refractivity contribution in [3.8, 4) is 11.3 Å². The molecule has 21 heavy (non-hydrogen) atoms. The van der Waals surface area contributed by atoms with Crippen LogP contribution in [0.2, 0.25) is 5.02 Å². The lowest BCUT2D eigenvalue weighted by Gasteiger charge is -2.20. The van der Waals surface area contributed by atoms with Crippen LogP contribution >= 0.6 is 27.5 Å². The summed E-state index contributed by atoms with van der Waals surface area (Å²) in [5.74, 6) is 0. The molecule has 1 aromatic carbocycles. The molecule has 0 aliphatic carbocycles. The number of aryl methyl sites for hydroxylation is 1. The molecule has 2 rings (SSSR count). The van der Waals surface area contributed by atoms with Gasteiger partial charge in [0.1, 0.15) is 5.60 Å². The van der Waals surface area contributed by atoms with Crippen molar-refractivity contribution < 1.29 is 9.53 Å². The summed E-state index contributed by atoms with van der Waals surface area (Å²) in [4.78, 5) is 12.3. The first kappa shape index (κ1) is 16.1. The maximum atomic E-state index is 12.3. The van der Waals surface area contributed by atoms with Gasteiger partial charge in [0, 0.05) is 21.3 Å². The minimum absolute atomic E-state index is 0.417. The number of carbonyl (C=O) groups excluding carboxylic acids is 1.